The third kappa shape index (κ3) is 4.21. The van der Waals surface area contributed by atoms with Crippen molar-refractivity contribution in [2.45, 2.75) is 72.3 Å². The van der Waals surface area contributed by atoms with Crippen LogP contribution in [-0.2, 0) is 4.79 Å². The maximum Gasteiger partial charge on any atom is 0.226 e. The van der Waals surface area contributed by atoms with E-state index in [1.165, 1.54) is 6.42 Å². The van der Waals surface area contributed by atoms with Gasteiger partial charge in [-0.15, -0.1) is 0 Å². The molecule has 0 aromatic rings. The van der Waals surface area contributed by atoms with Crippen molar-refractivity contribution in [3.8, 4) is 0 Å². The maximum atomic E-state index is 12.9. The second-order valence-corrected chi connectivity index (χ2v) is 8.48. The van der Waals surface area contributed by atoms with Gasteiger partial charge in [0.25, 0.3) is 0 Å². The van der Waals surface area contributed by atoms with Gasteiger partial charge in [0.1, 0.15) is 0 Å². The molecule has 2 N–H and O–H groups in total. The second kappa shape index (κ2) is 6.68. The Morgan fingerprint density at radius 1 is 1.10 bits per heavy atom. The predicted octanol–water partition coefficient (Wildman–Crippen LogP) is 3.42. The van der Waals surface area contributed by atoms with E-state index in [1.807, 2.05) is 0 Å². The lowest BCUT2D eigenvalue weighted by Crippen LogP contribution is -2.44. The molecular weight excluding hydrogens is 260 g/mol. The van der Waals surface area contributed by atoms with Gasteiger partial charge in [0, 0.05) is 25.0 Å². The summed E-state index contributed by atoms with van der Waals surface area (Å²) < 4.78 is 0. The zero-order valence-corrected chi connectivity index (χ0v) is 14.4. The Hall–Kier alpha value is -0.570. The summed E-state index contributed by atoms with van der Waals surface area (Å²) in [5, 5.41) is 0. The quantitative estimate of drug-likeness (QED) is 0.805. The monoisotopic (exact) mass is 294 g/mol. The van der Waals surface area contributed by atoms with Crippen LogP contribution in [0.1, 0.15) is 66.2 Å². The molecule has 4 unspecified atom stereocenters. The van der Waals surface area contributed by atoms with Crippen molar-refractivity contribution in [3.63, 3.8) is 0 Å². The first-order valence-electron chi connectivity index (χ1n) is 8.83. The number of carbonyl (C=O) groups excluding carboxylic acids is 1. The minimum atomic E-state index is 0.167. The van der Waals surface area contributed by atoms with E-state index in [0.29, 0.717) is 17.2 Å². The number of hydrogen-bond acceptors (Lipinski definition) is 2. The Morgan fingerprint density at radius 3 is 2.48 bits per heavy atom. The van der Waals surface area contributed by atoms with Gasteiger partial charge in [-0.3, -0.25) is 4.79 Å². The lowest BCUT2D eigenvalue weighted by molar-refractivity contribution is -0.138. The lowest BCUT2D eigenvalue weighted by Gasteiger charge is -2.35. The second-order valence-electron chi connectivity index (χ2n) is 8.48. The first kappa shape index (κ1) is 16.8. The summed E-state index contributed by atoms with van der Waals surface area (Å²) in [6.45, 7) is 11.1. The smallest absolute Gasteiger partial charge is 0.226 e. The van der Waals surface area contributed by atoms with E-state index in [2.05, 4.69) is 32.6 Å². The van der Waals surface area contributed by atoms with Gasteiger partial charge in [-0.1, -0.05) is 27.7 Å². The molecule has 0 radical (unpaired) electrons. The minimum absolute atomic E-state index is 0.167. The molecule has 0 bridgehead atoms. The summed E-state index contributed by atoms with van der Waals surface area (Å²) in [5.41, 5.74) is 6.45. The minimum Gasteiger partial charge on any atom is -0.342 e. The molecule has 21 heavy (non-hydrogen) atoms. The molecule has 0 aromatic carbocycles. The molecule has 3 nitrogen and oxygen atoms in total. The maximum absolute atomic E-state index is 12.9. The largest absolute Gasteiger partial charge is 0.342 e. The number of nitrogens with two attached hydrogens (primary N) is 1. The van der Waals surface area contributed by atoms with E-state index in [-0.39, 0.29) is 12.0 Å². The number of likely N-dealkylation sites (tertiary alicyclic amines) is 1. The van der Waals surface area contributed by atoms with Gasteiger partial charge in [0.05, 0.1) is 0 Å². The highest BCUT2D eigenvalue weighted by Crippen LogP contribution is 2.36. The fraction of sp³-hybridized carbons (Fsp3) is 0.944. The van der Waals surface area contributed by atoms with E-state index < -0.39 is 0 Å². The van der Waals surface area contributed by atoms with E-state index in [4.69, 9.17) is 5.73 Å². The van der Waals surface area contributed by atoms with E-state index in [9.17, 15) is 4.79 Å². The third-order valence-corrected chi connectivity index (χ3v) is 5.82. The molecule has 0 spiro atoms. The number of carbonyl (C=O) groups is 1. The fourth-order valence-electron chi connectivity index (χ4n) is 4.12. The van der Waals surface area contributed by atoms with Crippen LogP contribution in [0.2, 0.25) is 0 Å². The van der Waals surface area contributed by atoms with Crippen molar-refractivity contribution in [1.82, 2.24) is 4.90 Å². The molecule has 1 amide bonds. The summed E-state index contributed by atoms with van der Waals surface area (Å²) in [7, 11) is 0. The van der Waals surface area contributed by atoms with Crippen molar-refractivity contribution in [2.24, 2.45) is 28.9 Å². The van der Waals surface area contributed by atoms with Gasteiger partial charge in [0.2, 0.25) is 5.91 Å². The zero-order chi connectivity index (χ0) is 15.6. The molecule has 1 aliphatic carbocycles. The Bertz CT molecular complexity index is 361. The van der Waals surface area contributed by atoms with Gasteiger partial charge in [0.15, 0.2) is 0 Å². The topological polar surface area (TPSA) is 46.3 Å². The van der Waals surface area contributed by atoms with Crippen molar-refractivity contribution in [1.29, 1.82) is 0 Å². The van der Waals surface area contributed by atoms with Crippen molar-refractivity contribution < 1.29 is 4.79 Å². The number of nitrogens with zero attached hydrogens (tertiary/aromatic N) is 1. The van der Waals surface area contributed by atoms with E-state index in [0.717, 1.165) is 51.1 Å². The lowest BCUT2D eigenvalue weighted by atomic mass is 9.76. The molecular formula is C18H34N2O. The van der Waals surface area contributed by atoms with Gasteiger partial charge >= 0.3 is 0 Å². The Kier molecular flexibility index (Phi) is 5.34. The van der Waals surface area contributed by atoms with Crippen molar-refractivity contribution >= 4 is 5.91 Å². The fourth-order valence-corrected chi connectivity index (χ4v) is 4.12. The summed E-state index contributed by atoms with van der Waals surface area (Å²) in [5.74, 6) is 1.78. The van der Waals surface area contributed by atoms with Crippen LogP contribution in [0.3, 0.4) is 0 Å². The Labute approximate surface area is 130 Å². The van der Waals surface area contributed by atoms with Gasteiger partial charge in [-0.25, -0.2) is 0 Å². The summed E-state index contributed by atoms with van der Waals surface area (Å²) in [6.07, 6.45) is 6.64. The van der Waals surface area contributed by atoms with Gasteiger partial charge in [-0.2, -0.15) is 0 Å². The molecule has 2 aliphatic rings. The average Bonchev–Trinajstić information content (AvgIpc) is 2.66. The van der Waals surface area contributed by atoms with Gasteiger partial charge in [-0.05, 0) is 55.8 Å². The van der Waals surface area contributed by atoms with Crippen molar-refractivity contribution in [2.75, 3.05) is 13.1 Å². The summed E-state index contributed by atoms with van der Waals surface area (Å²) in [4.78, 5) is 15.0. The van der Waals surface area contributed by atoms with Crippen LogP contribution < -0.4 is 5.73 Å². The van der Waals surface area contributed by atoms with Crippen molar-refractivity contribution in [3.05, 3.63) is 0 Å². The Morgan fingerprint density at radius 2 is 1.81 bits per heavy atom. The van der Waals surface area contributed by atoms with Crippen LogP contribution in [0.4, 0.5) is 0 Å². The van der Waals surface area contributed by atoms with Crippen LogP contribution in [0.15, 0.2) is 0 Å². The van der Waals surface area contributed by atoms with E-state index >= 15 is 0 Å². The van der Waals surface area contributed by atoms with Crippen LogP contribution >= 0.6 is 0 Å². The molecule has 1 saturated carbocycles. The third-order valence-electron chi connectivity index (χ3n) is 5.82. The highest BCUT2D eigenvalue weighted by Gasteiger charge is 2.35. The van der Waals surface area contributed by atoms with Crippen LogP contribution in [0.25, 0.3) is 0 Å². The zero-order valence-electron chi connectivity index (χ0n) is 14.4. The summed E-state index contributed by atoms with van der Waals surface area (Å²) >= 11 is 0. The molecule has 1 saturated heterocycles. The standard InChI is InChI=1S/C18H34N2O/c1-13-7-8-15(19)12-16(13)17(21)20-10-5-6-14(9-11-20)18(2,3)4/h13-16H,5-12,19H2,1-4H3. The average molecular weight is 294 g/mol. The molecule has 1 heterocycles. The predicted molar refractivity (Wildman–Crippen MR) is 87.9 cm³/mol. The normalized spacial score (nSPS) is 35.4. The first-order chi connectivity index (χ1) is 9.79. The molecule has 2 fully saturated rings. The first-order valence-corrected chi connectivity index (χ1v) is 8.83. The molecule has 1 aliphatic heterocycles. The number of rotatable bonds is 1. The van der Waals surface area contributed by atoms with Crippen LogP contribution in [-0.4, -0.2) is 29.9 Å². The van der Waals surface area contributed by atoms with E-state index in [1.54, 1.807) is 0 Å². The SMILES string of the molecule is CC1CCC(N)CC1C(=O)N1CCCC(C(C)(C)C)CC1. The molecule has 4 atom stereocenters. The molecule has 2 rings (SSSR count). The molecule has 0 aromatic heterocycles. The molecule has 3 heteroatoms. The number of hydrogen-bond donors (Lipinski definition) is 1. The van der Waals surface area contributed by atoms with Gasteiger partial charge < -0.3 is 10.6 Å². The van der Waals surface area contributed by atoms with Crippen LogP contribution in [0, 0.1) is 23.2 Å². The molecule has 122 valence electrons. The van der Waals surface area contributed by atoms with Crippen LogP contribution in [0.5, 0.6) is 0 Å². The number of amides is 1. The highest BCUT2D eigenvalue weighted by atomic mass is 16.2. The summed E-state index contributed by atoms with van der Waals surface area (Å²) in [6, 6.07) is 0.226. The Balaban J connectivity index is 1.96. The highest BCUT2D eigenvalue weighted by molar-refractivity contribution is 5.79.